The molecule has 5 nitrogen and oxygen atoms in total. The molecule has 1 saturated carbocycles. The quantitative estimate of drug-likeness (QED) is 0.836. The van der Waals surface area contributed by atoms with Gasteiger partial charge in [-0.05, 0) is 31.6 Å². The zero-order valence-electron chi connectivity index (χ0n) is 12.6. The fourth-order valence-electron chi connectivity index (χ4n) is 2.99. The second-order valence-corrected chi connectivity index (χ2v) is 5.73. The van der Waals surface area contributed by atoms with Crippen molar-refractivity contribution in [1.29, 1.82) is 0 Å². The molecule has 2 unspecified atom stereocenters. The third-order valence-electron chi connectivity index (χ3n) is 4.02. The molecule has 1 aliphatic carbocycles. The molecule has 0 saturated heterocycles. The Kier molecular flexibility index (Phi) is 5.44. The van der Waals surface area contributed by atoms with Crippen molar-refractivity contribution in [2.24, 2.45) is 11.8 Å². The first kappa shape index (κ1) is 14.9. The highest BCUT2D eigenvalue weighted by Crippen LogP contribution is 2.31. The second-order valence-electron chi connectivity index (χ2n) is 5.73. The fraction of sp³-hybridized carbons (Fsp3) is 0.733. The Bertz CT molecular complexity index is 424. The third-order valence-corrected chi connectivity index (χ3v) is 4.02. The van der Waals surface area contributed by atoms with Gasteiger partial charge in [0.25, 0.3) is 0 Å². The van der Waals surface area contributed by atoms with E-state index in [4.69, 9.17) is 10.5 Å². The van der Waals surface area contributed by atoms with Crippen molar-refractivity contribution in [2.75, 3.05) is 24.2 Å². The molecule has 112 valence electrons. The Morgan fingerprint density at radius 3 is 3.00 bits per heavy atom. The molecule has 5 heteroatoms. The number of hydrogen-bond donors (Lipinski definition) is 2. The zero-order chi connectivity index (χ0) is 14.4. The second kappa shape index (κ2) is 7.31. The van der Waals surface area contributed by atoms with Gasteiger partial charge in [0, 0.05) is 6.54 Å². The van der Waals surface area contributed by atoms with Gasteiger partial charge in [0.1, 0.15) is 12.0 Å². The average Bonchev–Trinajstić information content (AvgIpc) is 2.43. The zero-order valence-corrected chi connectivity index (χ0v) is 12.6. The van der Waals surface area contributed by atoms with Crippen LogP contribution >= 0.6 is 0 Å². The van der Waals surface area contributed by atoms with Crippen LogP contribution in [0.1, 0.15) is 46.0 Å². The number of anilines is 2. The van der Waals surface area contributed by atoms with Crippen LogP contribution in [0, 0.1) is 11.8 Å². The molecule has 2 atom stereocenters. The average molecular weight is 278 g/mol. The highest BCUT2D eigenvalue weighted by Gasteiger charge is 2.18. The van der Waals surface area contributed by atoms with Gasteiger partial charge in [0.05, 0.1) is 6.61 Å². The van der Waals surface area contributed by atoms with E-state index in [-0.39, 0.29) is 0 Å². The highest BCUT2D eigenvalue weighted by atomic mass is 16.5. The van der Waals surface area contributed by atoms with Crippen LogP contribution < -0.4 is 15.8 Å². The Morgan fingerprint density at radius 2 is 2.25 bits per heavy atom. The van der Waals surface area contributed by atoms with Crippen molar-refractivity contribution in [3.63, 3.8) is 0 Å². The normalized spacial score (nSPS) is 22.5. The lowest BCUT2D eigenvalue weighted by Gasteiger charge is -2.26. The van der Waals surface area contributed by atoms with Crippen LogP contribution in [0.2, 0.25) is 0 Å². The van der Waals surface area contributed by atoms with E-state index in [1.165, 1.54) is 38.4 Å². The van der Waals surface area contributed by atoms with Crippen LogP contribution in [-0.4, -0.2) is 23.1 Å². The first-order valence-electron chi connectivity index (χ1n) is 7.67. The molecule has 1 aromatic heterocycles. The van der Waals surface area contributed by atoms with E-state index >= 15 is 0 Å². The summed E-state index contributed by atoms with van der Waals surface area (Å²) in [6, 6.07) is 0. The molecular weight excluding hydrogens is 252 g/mol. The molecule has 0 spiro atoms. The van der Waals surface area contributed by atoms with Crippen LogP contribution in [0.5, 0.6) is 5.88 Å². The molecule has 3 N–H and O–H groups in total. The lowest BCUT2D eigenvalue weighted by molar-refractivity contribution is 0.274. The van der Waals surface area contributed by atoms with E-state index in [1.807, 2.05) is 6.92 Å². The smallest absolute Gasteiger partial charge is 0.242 e. The SMILES string of the molecule is CCOc1ncnc(NCCC2CCCC(C)C2)c1N. The number of nitrogens with two attached hydrogens (primary N) is 1. The summed E-state index contributed by atoms with van der Waals surface area (Å²) in [5.74, 6) is 2.87. The summed E-state index contributed by atoms with van der Waals surface area (Å²) in [4.78, 5) is 8.23. The molecule has 0 aromatic carbocycles. The van der Waals surface area contributed by atoms with Crippen LogP contribution in [0.3, 0.4) is 0 Å². The van der Waals surface area contributed by atoms with Crippen LogP contribution in [0.25, 0.3) is 0 Å². The topological polar surface area (TPSA) is 73.1 Å². The van der Waals surface area contributed by atoms with Gasteiger partial charge in [-0.15, -0.1) is 0 Å². The van der Waals surface area contributed by atoms with Crippen LogP contribution in [-0.2, 0) is 0 Å². The minimum atomic E-state index is 0.469. The standard InChI is InChI=1S/C15H26N4O/c1-3-20-15-13(16)14(18-10-19-15)17-8-7-12-6-4-5-11(2)9-12/h10-12H,3-9,16H2,1-2H3,(H,17,18,19). The number of ether oxygens (including phenoxy) is 1. The van der Waals surface area contributed by atoms with E-state index in [0.29, 0.717) is 24.0 Å². The number of aromatic nitrogens is 2. The van der Waals surface area contributed by atoms with Crippen molar-refractivity contribution in [2.45, 2.75) is 46.0 Å². The van der Waals surface area contributed by atoms with Gasteiger partial charge in [-0.3, -0.25) is 0 Å². The summed E-state index contributed by atoms with van der Waals surface area (Å²) in [5, 5.41) is 3.32. The molecule has 0 amide bonds. The van der Waals surface area contributed by atoms with Gasteiger partial charge in [-0.2, -0.15) is 4.98 Å². The summed E-state index contributed by atoms with van der Waals surface area (Å²) in [6.07, 6.45) is 8.14. The molecular formula is C15H26N4O. The lowest BCUT2D eigenvalue weighted by atomic mass is 9.81. The third kappa shape index (κ3) is 3.99. The molecule has 0 bridgehead atoms. The van der Waals surface area contributed by atoms with E-state index in [1.54, 1.807) is 0 Å². The van der Waals surface area contributed by atoms with Gasteiger partial charge >= 0.3 is 0 Å². The minimum absolute atomic E-state index is 0.469. The molecule has 1 fully saturated rings. The van der Waals surface area contributed by atoms with Gasteiger partial charge in [0.2, 0.25) is 5.88 Å². The summed E-state index contributed by atoms with van der Waals surface area (Å²) in [7, 11) is 0. The largest absolute Gasteiger partial charge is 0.476 e. The Labute approximate surface area is 121 Å². The Hall–Kier alpha value is -1.52. The molecule has 1 aromatic rings. The molecule has 1 heterocycles. The molecule has 2 rings (SSSR count). The van der Waals surface area contributed by atoms with Crippen molar-refractivity contribution in [3.05, 3.63) is 6.33 Å². The van der Waals surface area contributed by atoms with Crippen molar-refractivity contribution < 1.29 is 4.74 Å². The predicted molar refractivity (Wildman–Crippen MR) is 81.8 cm³/mol. The van der Waals surface area contributed by atoms with E-state index in [0.717, 1.165) is 18.4 Å². The molecule has 20 heavy (non-hydrogen) atoms. The fourth-order valence-corrected chi connectivity index (χ4v) is 2.99. The van der Waals surface area contributed by atoms with Crippen molar-refractivity contribution >= 4 is 11.5 Å². The first-order chi connectivity index (χ1) is 9.70. The monoisotopic (exact) mass is 278 g/mol. The number of nitrogen functional groups attached to an aromatic ring is 1. The number of nitrogens with zero attached hydrogens (tertiary/aromatic N) is 2. The summed E-state index contributed by atoms with van der Waals surface area (Å²) >= 11 is 0. The summed E-state index contributed by atoms with van der Waals surface area (Å²) in [6.45, 7) is 5.74. The molecule has 0 aliphatic heterocycles. The van der Waals surface area contributed by atoms with E-state index in [2.05, 4.69) is 22.2 Å². The van der Waals surface area contributed by atoms with E-state index in [9.17, 15) is 0 Å². The summed E-state index contributed by atoms with van der Waals surface area (Å²) < 4.78 is 5.37. The van der Waals surface area contributed by atoms with Crippen molar-refractivity contribution in [3.8, 4) is 5.88 Å². The van der Waals surface area contributed by atoms with Gasteiger partial charge in [-0.1, -0.05) is 26.2 Å². The van der Waals surface area contributed by atoms with Crippen molar-refractivity contribution in [1.82, 2.24) is 9.97 Å². The maximum Gasteiger partial charge on any atom is 0.242 e. The number of nitrogens with one attached hydrogen (secondary N) is 1. The van der Waals surface area contributed by atoms with Gasteiger partial charge in [-0.25, -0.2) is 4.98 Å². The summed E-state index contributed by atoms with van der Waals surface area (Å²) in [5.41, 5.74) is 6.50. The van der Waals surface area contributed by atoms with Crippen LogP contribution in [0.4, 0.5) is 11.5 Å². The number of hydrogen-bond acceptors (Lipinski definition) is 5. The Balaban J connectivity index is 1.83. The predicted octanol–water partition coefficient (Wildman–Crippen LogP) is 3.09. The first-order valence-corrected chi connectivity index (χ1v) is 7.67. The Morgan fingerprint density at radius 1 is 1.40 bits per heavy atom. The van der Waals surface area contributed by atoms with Crippen LogP contribution in [0.15, 0.2) is 6.33 Å². The van der Waals surface area contributed by atoms with Gasteiger partial charge in [0.15, 0.2) is 5.82 Å². The molecule has 0 radical (unpaired) electrons. The minimum Gasteiger partial charge on any atom is -0.476 e. The molecule has 1 aliphatic rings. The number of rotatable bonds is 6. The highest BCUT2D eigenvalue weighted by molar-refractivity contribution is 5.66. The van der Waals surface area contributed by atoms with E-state index < -0.39 is 0 Å². The van der Waals surface area contributed by atoms with Gasteiger partial charge < -0.3 is 15.8 Å². The maximum absolute atomic E-state index is 6.00. The lowest BCUT2D eigenvalue weighted by Crippen LogP contribution is -2.17. The maximum atomic E-state index is 6.00.